The van der Waals surface area contributed by atoms with Gasteiger partial charge in [0.2, 0.25) is 0 Å². The van der Waals surface area contributed by atoms with Crippen molar-refractivity contribution in [1.82, 2.24) is 5.32 Å². The molecule has 0 bridgehead atoms. The Kier molecular flexibility index (Phi) is 8.61. The predicted molar refractivity (Wildman–Crippen MR) is 149 cm³/mol. The maximum absolute atomic E-state index is 13.2. The Hall–Kier alpha value is -3.35. The molecule has 1 fully saturated rings. The van der Waals surface area contributed by atoms with E-state index in [0.717, 1.165) is 35.1 Å². The summed E-state index contributed by atoms with van der Waals surface area (Å²) in [6.45, 7) is 0.573. The van der Waals surface area contributed by atoms with Gasteiger partial charge in [0.25, 0.3) is 0 Å². The molecular weight excluding hydrogens is 476 g/mol. The molecule has 38 heavy (non-hydrogen) atoms. The first-order valence-electron chi connectivity index (χ1n) is 13.8. The minimum absolute atomic E-state index is 0.00451. The maximum Gasteiger partial charge on any atom is 0.414 e. The molecule has 5 rings (SSSR count). The van der Waals surface area contributed by atoms with Crippen molar-refractivity contribution >= 4 is 11.8 Å². The fraction of sp³-hybridized carbons (Fsp3) is 0.406. The van der Waals surface area contributed by atoms with Gasteiger partial charge in [-0.1, -0.05) is 86.0 Å². The first-order chi connectivity index (χ1) is 18.6. The van der Waals surface area contributed by atoms with Crippen molar-refractivity contribution in [3.8, 4) is 5.75 Å². The molecule has 6 heteroatoms. The highest BCUT2D eigenvalue weighted by Crippen LogP contribution is 2.42. The molecule has 3 aromatic rings. The Labute approximate surface area is 225 Å². The molecule has 2 N–H and O–H groups in total. The number of carbonyl (C=O) groups is 1. The van der Waals surface area contributed by atoms with Gasteiger partial charge in [-0.3, -0.25) is 4.90 Å². The number of nitrogens with zero attached hydrogens (tertiary/aromatic N) is 1. The van der Waals surface area contributed by atoms with Crippen molar-refractivity contribution in [1.29, 1.82) is 0 Å². The maximum atomic E-state index is 13.2. The van der Waals surface area contributed by atoms with Gasteiger partial charge in [0.1, 0.15) is 19.0 Å². The summed E-state index contributed by atoms with van der Waals surface area (Å²) < 4.78 is 11.9. The molecule has 0 unspecified atom stereocenters. The van der Waals surface area contributed by atoms with Gasteiger partial charge in [-0.15, -0.1) is 0 Å². The van der Waals surface area contributed by atoms with Gasteiger partial charge >= 0.3 is 6.09 Å². The smallest absolute Gasteiger partial charge is 0.414 e. The van der Waals surface area contributed by atoms with Gasteiger partial charge in [0.15, 0.2) is 0 Å². The Bertz CT molecular complexity index is 1190. The molecule has 2 aliphatic rings. The third-order valence-electron chi connectivity index (χ3n) is 7.79. The Morgan fingerprint density at radius 2 is 1.55 bits per heavy atom. The van der Waals surface area contributed by atoms with Gasteiger partial charge in [-0.05, 0) is 54.0 Å². The molecule has 0 saturated heterocycles. The summed E-state index contributed by atoms with van der Waals surface area (Å²) in [6.07, 6.45) is 6.58. The van der Waals surface area contributed by atoms with Gasteiger partial charge in [-0.2, -0.15) is 0 Å². The number of benzene rings is 3. The minimum atomic E-state index is -0.642. The number of aliphatic hydroxyl groups excluding tert-OH is 1. The van der Waals surface area contributed by atoms with Crippen molar-refractivity contribution in [3.05, 3.63) is 95.1 Å². The number of fused-ring (bicyclic) bond motifs is 1. The van der Waals surface area contributed by atoms with Gasteiger partial charge in [0, 0.05) is 19.1 Å². The molecule has 0 radical (unpaired) electrons. The van der Waals surface area contributed by atoms with E-state index in [9.17, 15) is 9.90 Å². The molecule has 0 aromatic heterocycles. The van der Waals surface area contributed by atoms with Crippen LogP contribution in [-0.2, 0) is 24.4 Å². The quantitative estimate of drug-likeness (QED) is 0.369. The van der Waals surface area contributed by atoms with Crippen LogP contribution in [0.1, 0.15) is 66.9 Å². The van der Waals surface area contributed by atoms with Crippen LogP contribution in [0.2, 0.25) is 0 Å². The highest BCUT2D eigenvalue weighted by Gasteiger charge is 2.34. The second-order valence-corrected chi connectivity index (χ2v) is 10.4. The van der Waals surface area contributed by atoms with Crippen LogP contribution in [-0.4, -0.2) is 30.3 Å². The zero-order chi connectivity index (χ0) is 26.3. The average Bonchev–Trinajstić information content (AvgIpc) is 2.97. The number of carbonyl (C=O) groups excluding carboxylic acids is 1. The fourth-order valence-corrected chi connectivity index (χ4v) is 5.72. The number of nitrogens with one attached hydrogen (secondary N) is 1. The zero-order valence-corrected chi connectivity index (χ0v) is 22.1. The van der Waals surface area contributed by atoms with Crippen LogP contribution in [0.25, 0.3) is 0 Å². The van der Waals surface area contributed by atoms with E-state index in [1.807, 2.05) is 72.8 Å². The fourth-order valence-electron chi connectivity index (χ4n) is 5.72. The number of hydrogen-bond acceptors (Lipinski definition) is 5. The Balaban J connectivity index is 1.39. The highest BCUT2D eigenvalue weighted by atomic mass is 16.6. The number of rotatable bonds is 8. The molecule has 0 aliphatic heterocycles. The summed E-state index contributed by atoms with van der Waals surface area (Å²) in [6, 6.07) is 23.9. The number of aliphatic hydroxyl groups is 1. The van der Waals surface area contributed by atoms with E-state index in [1.54, 1.807) is 7.05 Å². The molecule has 1 saturated carbocycles. The van der Waals surface area contributed by atoms with Gasteiger partial charge in [-0.25, -0.2) is 4.79 Å². The largest absolute Gasteiger partial charge is 0.487 e. The molecule has 200 valence electrons. The van der Waals surface area contributed by atoms with E-state index in [2.05, 4.69) is 5.32 Å². The van der Waals surface area contributed by atoms with Crippen LogP contribution >= 0.6 is 0 Å². The van der Waals surface area contributed by atoms with Crippen LogP contribution in [0.3, 0.4) is 0 Å². The van der Waals surface area contributed by atoms with Crippen molar-refractivity contribution in [2.75, 3.05) is 11.9 Å². The zero-order valence-electron chi connectivity index (χ0n) is 22.1. The van der Waals surface area contributed by atoms with Crippen molar-refractivity contribution in [2.45, 2.75) is 76.3 Å². The SMILES string of the molecule is CN(C(=O)OCc1ccccc1)c1c(OCc2ccccc2)ccc2c1CC[C@H](NC1CCCCC1)[C@H]2O. The van der Waals surface area contributed by atoms with E-state index >= 15 is 0 Å². The van der Waals surface area contributed by atoms with E-state index in [0.29, 0.717) is 24.1 Å². The van der Waals surface area contributed by atoms with Gasteiger partial charge in [0.05, 0.1) is 11.8 Å². The van der Waals surface area contributed by atoms with E-state index in [-0.39, 0.29) is 12.6 Å². The third kappa shape index (κ3) is 6.20. The molecule has 2 aliphatic carbocycles. The lowest BCUT2D eigenvalue weighted by Gasteiger charge is -2.37. The van der Waals surface area contributed by atoms with Crippen LogP contribution < -0.4 is 15.0 Å². The van der Waals surface area contributed by atoms with Crippen LogP contribution in [0.5, 0.6) is 5.75 Å². The molecule has 0 heterocycles. The Morgan fingerprint density at radius 1 is 0.895 bits per heavy atom. The lowest BCUT2D eigenvalue weighted by molar-refractivity contribution is 0.104. The number of anilines is 1. The molecule has 6 nitrogen and oxygen atoms in total. The van der Waals surface area contributed by atoms with Crippen molar-refractivity contribution in [2.24, 2.45) is 0 Å². The summed E-state index contributed by atoms with van der Waals surface area (Å²) in [5, 5.41) is 15.1. The predicted octanol–water partition coefficient (Wildman–Crippen LogP) is 6.31. The lowest BCUT2D eigenvalue weighted by Crippen LogP contribution is -2.45. The summed E-state index contributed by atoms with van der Waals surface area (Å²) in [5.41, 5.74) is 4.45. The van der Waals surface area contributed by atoms with E-state index in [4.69, 9.17) is 9.47 Å². The first kappa shape index (κ1) is 26.3. The number of hydrogen-bond donors (Lipinski definition) is 2. The van der Waals surface area contributed by atoms with E-state index < -0.39 is 12.2 Å². The number of amides is 1. The van der Waals surface area contributed by atoms with Crippen LogP contribution in [0.4, 0.5) is 10.5 Å². The second-order valence-electron chi connectivity index (χ2n) is 10.4. The third-order valence-corrected chi connectivity index (χ3v) is 7.79. The van der Waals surface area contributed by atoms with Crippen LogP contribution in [0.15, 0.2) is 72.8 Å². The average molecular weight is 515 g/mol. The number of ether oxygens (including phenoxy) is 2. The molecule has 2 atom stereocenters. The van der Waals surface area contributed by atoms with Gasteiger partial charge < -0.3 is 19.9 Å². The second kappa shape index (κ2) is 12.5. The minimum Gasteiger partial charge on any atom is -0.487 e. The van der Waals surface area contributed by atoms with Crippen LogP contribution in [0, 0.1) is 0 Å². The molecular formula is C32H38N2O4. The topological polar surface area (TPSA) is 71.0 Å². The first-order valence-corrected chi connectivity index (χ1v) is 13.8. The molecule has 1 amide bonds. The highest BCUT2D eigenvalue weighted by molar-refractivity contribution is 5.91. The van der Waals surface area contributed by atoms with E-state index in [1.165, 1.54) is 37.0 Å². The van der Waals surface area contributed by atoms with Crippen molar-refractivity contribution < 1.29 is 19.4 Å². The normalized spacial score (nSPS) is 19.4. The molecule has 3 aromatic carbocycles. The molecule has 0 spiro atoms. The Morgan fingerprint density at radius 3 is 2.24 bits per heavy atom. The summed E-state index contributed by atoms with van der Waals surface area (Å²) >= 11 is 0. The summed E-state index contributed by atoms with van der Waals surface area (Å²) in [5.74, 6) is 0.609. The monoisotopic (exact) mass is 514 g/mol. The lowest BCUT2D eigenvalue weighted by atomic mass is 9.83. The summed E-state index contributed by atoms with van der Waals surface area (Å²) in [4.78, 5) is 14.7. The van der Waals surface area contributed by atoms with Crippen molar-refractivity contribution in [3.63, 3.8) is 0 Å². The standard InChI is InChI=1S/C32H38N2O4/c1-34(32(36)38-22-24-13-7-3-8-14-24)30-26-17-19-28(33-25-15-9-4-10-16-25)31(35)27(26)18-20-29(30)37-21-23-11-5-2-6-12-23/h2-3,5-8,11-14,18,20,25,28,31,33,35H,4,9-10,15-17,19,21-22H2,1H3/t28-,31-/m0/s1. The summed E-state index contributed by atoms with van der Waals surface area (Å²) in [7, 11) is 1.72.